The van der Waals surface area contributed by atoms with Gasteiger partial charge in [0.1, 0.15) is 0 Å². The average Bonchev–Trinajstić information content (AvgIpc) is 2.67. The summed E-state index contributed by atoms with van der Waals surface area (Å²) >= 11 is 1.73. The van der Waals surface area contributed by atoms with E-state index in [0.717, 1.165) is 29.2 Å². The highest BCUT2D eigenvalue weighted by Crippen LogP contribution is 2.13. The number of nitrogens with one attached hydrogen (secondary N) is 2. The summed E-state index contributed by atoms with van der Waals surface area (Å²) in [6.07, 6.45) is 8.82. The summed E-state index contributed by atoms with van der Waals surface area (Å²) in [6.45, 7) is 11.0. The molecule has 26 heavy (non-hydrogen) atoms. The van der Waals surface area contributed by atoms with Gasteiger partial charge >= 0.3 is 0 Å². The molecule has 1 aromatic rings. The zero-order chi connectivity index (χ0) is 19.2. The molecule has 4 nitrogen and oxygen atoms in total. The molecule has 2 N–H and O–H groups in total. The van der Waals surface area contributed by atoms with Gasteiger partial charge in [-0.3, -0.25) is 15.3 Å². The van der Waals surface area contributed by atoms with Gasteiger partial charge in [-0.25, -0.2) is 0 Å². The van der Waals surface area contributed by atoms with Gasteiger partial charge in [-0.15, -0.1) is 0 Å². The molecule has 0 aliphatic carbocycles. The Morgan fingerprint density at radius 3 is 2.81 bits per heavy atom. The van der Waals surface area contributed by atoms with Crippen molar-refractivity contribution in [3.05, 3.63) is 65.5 Å². The maximum absolute atomic E-state index is 4.58. The van der Waals surface area contributed by atoms with E-state index in [1.54, 1.807) is 18.0 Å². The third-order valence-corrected chi connectivity index (χ3v) is 4.35. The minimum absolute atomic E-state index is 0.542. The Bertz CT molecular complexity index is 674. The molecule has 140 valence electrons. The van der Waals surface area contributed by atoms with E-state index in [0.29, 0.717) is 13.2 Å². The van der Waals surface area contributed by atoms with Crippen LogP contribution in [-0.2, 0) is 6.42 Å². The van der Waals surface area contributed by atoms with E-state index in [9.17, 15) is 0 Å². The van der Waals surface area contributed by atoms with Gasteiger partial charge in [-0.2, -0.15) is 11.8 Å². The quantitative estimate of drug-likeness (QED) is 0.333. The zero-order valence-electron chi connectivity index (χ0n) is 16.1. The highest BCUT2D eigenvalue weighted by molar-refractivity contribution is 7.99. The first-order valence-corrected chi connectivity index (χ1v) is 10.1. The number of aliphatic imine (C=N–C) groups is 2. The summed E-state index contributed by atoms with van der Waals surface area (Å²) in [5, 5.41) is 6.51. The van der Waals surface area contributed by atoms with Crippen LogP contribution >= 0.6 is 11.8 Å². The van der Waals surface area contributed by atoms with Crippen LogP contribution in [0, 0.1) is 0 Å². The molecule has 0 aliphatic rings. The number of rotatable bonds is 12. The molecule has 0 amide bonds. The van der Waals surface area contributed by atoms with E-state index in [1.807, 2.05) is 13.1 Å². The van der Waals surface area contributed by atoms with Crippen molar-refractivity contribution in [2.75, 3.05) is 32.3 Å². The monoisotopic (exact) mass is 370 g/mol. The Balaban J connectivity index is 2.79. The Hall–Kier alpha value is -2.11. The number of likely N-dealkylation sites (N-methyl/N-ethyl adjacent to an activating group) is 1. The molecular weight excluding hydrogens is 340 g/mol. The van der Waals surface area contributed by atoms with E-state index >= 15 is 0 Å². The summed E-state index contributed by atoms with van der Waals surface area (Å²) in [4.78, 5) is 8.31. The molecule has 0 spiro atoms. The van der Waals surface area contributed by atoms with Crippen LogP contribution in [-0.4, -0.2) is 44.7 Å². The molecule has 0 atom stereocenters. The highest BCUT2D eigenvalue weighted by Gasteiger charge is 2.02. The molecular formula is C21H30N4S. The van der Waals surface area contributed by atoms with Crippen LogP contribution in [0.4, 0.5) is 0 Å². The SMILES string of the molecule is C=N/C=C\C(CSC)=NCNC/C(=C/c1cccc(CC)c1)C(=C)NC. The van der Waals surface area contributed by atoms with Crippen molar-refractivity contribution in [3.63, 3.8) is 0 Å². The smallest absolute Gasteiger partial charge is 0.0890 e. The maximum atomic E-state index is 4.58. The lowest BCUT2D eigenvalue weighted by atomic mass is 10.0. The zero-order valence-corrected chi connectivity index (χ0v) is 16.9. The van der Waals surface area contributed by atoms with Crippen molar-refractivity contribution in [2.24, 2.45) is 9.98 Å². The van der Waals surface area contributed by atoms with Crippen LogP contribution < -0.4 is 10.6 Å². The lowest BCUT2D eigenvalue weighted by Crippen LogP contribution is -2.22. The standard InChI is InChI=1S/C21H30N4S/c1-6-18-8-7-9-19(12-18)13-20(17(2)23-4)14-24-16-25-21(15-26-5)10-11-22-3/h7-13,23-24H,2-3,6,14-16H2,1,4-5H3/b11-10-,20-13-,25-21?. The van der Waals surface area contributed by atoms with E-state index in [2.05, 4.69) is 77.4 Å². The Kier molecular flexibility index (Phi) is 11.1. The fraction of sp³-hybridized carbons (Fsp3) is 0.333. The molecule has 0 radical (unpaired) electrons. The first-order chi connectivity index (χ1) is 12.6. The number of thioether (sulfide) groups is 1. The lowest BCUT2D eigenvalue weighted by molar-refractivity contribution is 0.754. The molecule has 5 heteroatoms. The molecule has 0 saturated heterocycles. The Morgan fingerprint density at radius 1 is 1.35 bits per heavy atom. The minimum atomic E-state index is 0.542. The second-order valence-electron chi connectivity index (χ2n) is 5.66. The van der Waals surface area contributed by atoms with Gasteiger partial charge in [0.2, 0.25) is 0 Å². The number of hydrogen-bond donors (Lipinski definition) is 2. The molecule has 0 unspecified atom stereocenters. The summed E-state index contributed by atoms with van der Waals surface area (Å²) in [5.41, 5.74) is 5.53. The number of benzene rings is 1. The molecule has 0 saturated carbocycles. The van der Waals surface area contributed by atoms with Gasteiger partial charge in [0.15, 0.2) is 0 Å². The van der Waals surface area contributed by atoms with Gasteiger partial charge in [-0.05, 0) is 48.2 Å². The predicted molar refractivity (Wildman–Crippen MR) is 119 cm³/mol. The predicted octanol–water partition coefficient (Wildman–Crippen LogP) is 3.93. The van der Waals surface area contributed by atoms with E-state index in [4.69, 9.17) is 0 Å². The van der Waals surface area contributed by atoms with Crippen molar-refractivity contribution in [1.29, 1.82) is 0 Å². The molecule has 1 rings (SSSR count). The van der Waals surface area contributed by atoms with Crippen LogP contribution in [0.25, 0.3) is 6.08 Å². The topological polar surface area (TPSA) is 48.8 Å². The van der Waals surface area contributed by atoms with Crippen LogP contribution in [0.15, 0.2) is 64.4 Å². The van der Waals surface area contributed by atoms with Gasteiger partial charge in [0, 0.05) is 37.0 Å². The van der Waals surface area contributed by atoms with Crippen LogP contribution in [0.5, 0.6) is 0 Å². The van der Waals surface area contributed by atoms with Crippen molar-refractivity contribution >= 4 is 30.3 Å². The minimum Gasteiger partial charge on any atom is -0.388 e. The first-order valence-electron chi connectivity index (χ1n) is 8.66. The van der Waals surface area contributed by atoms with Crippen LogP contribution in [0.3, 0.4) is 0 Å². The van der Waals surface area contributed by atoms with E-state index in [1.165, 1.54) is 11.1 Å². The van der Waals surface area contributed by atoms with Crippen LogP contribution in [0.1, 0.15) is 18.1 Å². The third kappa shape index (κ3) is 8.32. The fourth-order valence-corrected chi connectivity index (χ4v) is 2.77. The Labute approximate surface area is 162 Å². The second-order valence-corrected chi connectivity index (χ2v) is 6.53. The highest BCUT2D eigenvalue weighted by atomic mass is 32.2. The van der Waals surface area contributed by atoms with Crippen LogP contribution in [0.2, 0.25) is 0 Å². The maximum Gasteiger partial charge on any atom is 0.0890 e. The summed E-state index contributed by atoms with van der Waals surface area (Å²) in [6, 6.07) is 8.57. The third-order valence-electron chi connectivity index (χ3n) is 3.76. The number of hydrogen-bond acceptors (Lipinski definition) is 5. The summed E-state index contributed by atoms with van der Waals surface area (Å²) in [5.74, 6) is 0.851. The largest absolute Gasteiger partial charge is 0.388 e. The molecule has 1 aromatic carbocycles. The Morgan fingerprint density at radius 2 is 2.15 bits per heavy atom. The molecule has 0 fully saturated rings. The number of allylic oxidation sites excluding steroid dienone is 1. The first kappa shape index (κ1) is 21.9. The summed E-state index contributed by atoms with van der Waals surface area (Å²) in [7, 11) is 1.89. The van der Waals surface area contributed by atoms with Crippen molar-refractivity contribution < 1.29 is 0 Å². The number of aryl methyl sites for hydroxylation is 1. The second kappa shape index (κ2) is 13.1. The molecule has 0 bridgehead atoms. The molecule has 0 aromatic heterocycles. The van der Waals surface area contributed by atoms with Crippen molar-refractivity contribution in [3.8, 4) is 0 Å². The van der Waals surface area contributed by atoms with E-state index in [-0.39, 0.29) is 0 Å². The van der Waals surface area contributed by atoms with Crippen molar-refractivity contribution in [1.82, 2.24) is 10.6 Å². The number of nitrogens with zero attached hydrogens (tertiary/aromatic N) is 2. The average molecular weight is 371 g/mol. The van der Waals surface area contributed by atoms with Gasteiger partial charge in [-0.1, -0.05) is 37.8 Å². The van der Waals surface area contributed by atoms with Gasteiger partial charge in [0.05, 0.1) is 6.67 Å². The van der Waals surface area contributed by atoms with Crippen molar-refractivity contribution in [2.45, 2.75) is 13.3 Å². The molecule has 0 aliphatic heterocycles. The summed E-state index contributed by atoms with van der Waals surface area (Å²) < 4.78 is 0. The van der Waals surface area contributed by atoms with Gasteiger partial charge < -0.3 is 5.32 Å². The van der Waals surface area contributed by atoms with Gasteiger partial charge in [0.25, 0.3) is 0 Å². The van der Waals surface area contributed by atoms with E-state index < -0.39 is 0 Å². The normalized spacial score (nSPS) is 12.4. The lowest BCUT2D eigenvalue weighted by Gasteiger charge is -2.12. The molecule has 0 heterocycles. The fourth-order valence-electron chi connectivity index (χ4n) is 2.29.